The molecular formula is C11H16N2O3. The van der Waals surface area contributed by atoms with Crippen LogP contribution in [-0.4, -0.2) is 21.7 Å². The van der Waals surface area contributed by atoms with E-state index in [2.05, 4.69) is 5.43 Å². The second-order valence-corrected chi connectivity index (χ2v) is 4.08. The van der Waals surface area contributed by atoms with E-state index in [1.165, 1.54) is 6.92 Å². The summed E-state index contributed by atoms with van der Waals surface area (Å²) in [7, 11) is 0. The second kappa shape index (κ2) is 4.51. The van der Waals surface area contributed by atoms with Crippen molar-refractivity contribution in [2.24, 2.45) is 5.84 Å². The Morgan fingerprint density at radius 2 is 2.19 bits per heavy atom. The maximum absolute atomic E-state index is 11.0. The number of carbonyl (C=O) groups is 1. The Morgan fingerprint density at radius 3 is 2.62 bits per heavy atom. The monoisotopic (exact) mass is 224 g/mol. The third kappa shape index (κ3) is 2.50. The minimum Gasteiger partial charge on any atom is -0.508 e. The molecule has 5 nitrogen and oxygen atoms in total. The zero-order chi connectivity index (χ0) is 12.3. The van der Waals surface area contributed by atoms with Gasteiger partial charge < -0.3 is 10.2 Å². The number of hydrogen-bond donors (Lipinski definition) is 4. The molecule has 1 aromatic carbocycles. The van der Waals surface area contributed by atoms with Gasteiger partial charge in [-0.15, -0.1) is 0 Å². The predicted molar refractivity (Wildman–Crippen MR) is 59.9 cm³/mol. The predicted octanol–water partition coefficient (Wildman–Crippen LogP) is 0.550. The van der Waals surface area contributed by atoms with Crippen LogP contribution in [0.2, 0.25) is 0 Å². The zero-order valence-electron chi connectivity index (χ0n) is 9.32. The van der Waals surface area contributed by atoms with Gasteiger partial charge in [0.2, 0.25) is 0 Å². The molecule has 1 rings (SSSR count). The first-order chi connectivity index (χ1) is 7.39. The highest BCUT2D eigenvalue weighted by molar-refractivity contribution is 5.78. The van der Waals surface area contributed by atoms with E-state index >= 15 is 0 Å². The van der Waals surface area contributed by atoms with Crippen molar-refractivity contribution < 1.29 is 15.0 Å². The van der Waals surface area contributed by atoms with E-state index in [0.29, 0.717) is 5.56 Å². The van der Waals surface area contributed by atoms with Gasteiger partial charge in [0.05, 0.1) is 0 Å². The largest absolute Gasteiger partial charge is 0.508 e. The molecule has 5 heteroatoms. The Kier molecular flexibility index (Phi) is 3.51. The molecule has 0 aliphatic heterocycles. The van der Waals surface area contributed by atoms with Crippen LogP contribution in [0.5, 0.6) is 5.75 Å². The minimum atomic E-state index is -1.23. The van der Waals surface area contributed by atoms with Crippen LogP contribution < -0.4 is 11.3 Å². The molecule has 0 spiro atoms. The quantitative estimate of drug-likeness (QED) is 0.442. The standard InChI is InChI=1S/C11H16N2O3/c1-7-3-4-8(5-9(7)14)6-11(2,13-12)10(15)16/h3-5,13-14H,6,12H2,1-2H3,(H,15,16). The molecule has 88 valence electrons. The van der Waals surface area contributed by atoms with Crippen LogP contribution in [0.3, 0.4) is 0 Å². The van der Waals surface area contributed by atoms with Gasteiger partial charge in [-0.1, -0.05) is 12.1 Å². The van der Waals surface area contributed by atoms with Gasteiger partial charge in [0.25, 0.3) is 0 Å². The van der Waals surface area contributed by atoms with Crippen molar-refractivity contribution in [2.75, 3.05) is 0 Å². The average molecular weight is 224 g/mol. The number of aliphatic carboxylic acids is 1. The molecule has 5 N–H and O–H groups in total. The normalized spacial score (nSPS) is 14.4. The van der Waals surface area contributed by atoms with Crippen molar-refractivity contribution in [3.63, 3.8) is 0 Å². The second-order valence-electron chi connectivity index (χ2n) is 4.08. The third-order valence-electron chi connectivity index (χ3n) is 2.62. The molecule has 0 saturated carbocycles. The number of phenols is 1. The Hall–Kier alpha value is -1.59. The average Bonchev–Trinajstić information content (AvgIpc) is 2.23. The Balaban J connectivity index is 2.95. The van der Waals surface area contributed by atoms with Gasteiger partial charge in [-0.3, -0.25) is 10.6 Å². The molecule has 1 unspecified atom stereocenters. The number of nitrogens with two attached hydrogens (primary N) is 1. The summed E-state index contributed by atoms with van der Waals surface area (Å²) in [5.41, 5.74) is 2.51. The maximum Gasteiger partial charge on any atom is 0.325 e. The first-order valence-electron chi connectivity index (χ1n) is 4.89. The van der Waals surface area contributed by atoms with E-state index in [9.17, 15) is 9.90 Å². The number of benzene rings is 1. The van der Waals surface area contributed by atoms with E-state index in [1.54, 1.807) is 25.1 Å². The topological polar surface area (TPSA) is 95.6 Å². The number of aromatic hydroxyl groups is 1. The molecule has 0 aliphatic rings. The molecule has 0 fully saturated rings. The van der Waals surface area contributed by atoms with E-state index in [1.807, 2.05) is 0 Å². The molecule has 0 heterocycles. The van der Waals surface area contributed by atoms with E-state index in [0.717, 1.165) is 5.56 Å². The van der Waals surface area contributed by atoms with Gasteiger partial charge in [-0.05, 0) is 31.0 Å². The molecule has 1 aromatic rings. The van der Waals surface area contributed by atoms with Crippen molar-refractivity contribution >= 4 is 5.97 Å². The number of rotatable bonds is 4. The summed E-state index contributed by atoms with van der Waals surface area (Å²) in [4.78, 5) is 11.0. The van der Waals surface area contributed by atoms with Gasteiger partial charge in [0.1, 0.15) is 11.3 Å². The van der Waals surface area contributed by atoms with Crippen LogP contribution in [0.25, 0.3) is 0 Å². The lowest BCUT2D eigenvalue weighted by molar-refractivity contribution is -0.144. The molecule has 16 heavy (non-hydrogen) atoms. The molecule has 0 aromatic heterocycles. The van der Waals surface area contributed by atoms with Crippen molar-refractivity contribution in [1.29, 1.82) is 0 Å². The van der Waals surface area contributed by atoms with E-state index < -0.39 is 11.5 Å². The minimum absolute atomic E-state index is 0.155. The molecule has 0 radical (unpaired) electrons. The summed E-state index contributed by atoms with van der Waals surface area (Å²) in [5, 5.41) is 18.5. The Morgan fingerprint density at radius 1 is 1.56 bits per heavy atom. The number of hydrazine groups is 1. The number of carboxylic acids is 1. The van der Waals surface area contributed by atoms with Crippen molar-refractivity contribution in [2.45, 2.75) is 25.8 Å². The Labute approximate surface area is 93.9 Å². The van der Waals surface area contributed by atoms with Crippen LogP contribution in [0.1, 0.15) is 18.1 Å². The zero-order valence-corrected chi connectivity index (χ0v) is 9.32. The van der Waals surface area contributed by atoms with Gasteiger partial charge >= 0.3 is 5.97 Å². The number of phenolic OH excluding ortho intramolecular Hbond substituents is 1. The highest BCUT2D eigenvalue weighted by atomic mass is 16.4. The summed E-state index contributed by atoms with van der Waals surface area (Å²) in [6.07, 6.45) is 0.201. The highest BCUT2D eigenvalue weighted by Gasteiger charge is 2.31. The number of hydrogen-bond acceptors (Lipinski definition) is 4. The number of aryl methyl sites for hydroxylation is 1. The van der Waals surface area contributed by atoms with Crippen LogP contribution in [0, 0.1) is 6.92 Å². The molecule has 0 bridgehead atoms. The number of nitrogens with one attached hydrogen (secondary N) is 1. The molecule has 0 aliphatic carbocycles. The SMILES string of the molecule is Cc1ccc(CC(C)(NN)C(=O)O)cc1O. The van der Waals surface area contributed by atoms with Gasteiger partial charge in [-0.25, -0.2) is 5.43 Å². The van der Waals surface area contributed by atoms with Gasteiger partial charge in [0.15, 0.2) is 0 Å². The molecular weight excluding hydrogens is 208 g/mol. The summed E-state index contributed by atoms with van der Waals surface area (Å²) >= 11 is 0. The summed E-state index contributed by atoms with van der Waals surface area (Å²) in [6, 6.07) is 5.06. The summed E-state index contributed by atoms with van der Waals surface area (Å²) < 4.78 is 0. The summed E-state index contributed by atoms with van der Waals surface area (Å²) in [5.74, 6) is 4.35. The first-order valence-corrected chi connectivity index (χ1v) is 4.89. The Bertz CT molecular complexity index is 406. The van der Waals surface area contributed by atoms with Crippen molar-refractivity contribution in [3.8, 4) is 5.75 Å². The molecule has 1 atom stereocenters. The summed E-state index contributed by atoms with van der Waals surface area (Å²) in [6.45, 7) is 3.27. The smallest absolute Gasteiger partial charge is 0.325 e. The molecule has 0 saturated heterocycles. The lowest BCUT2D eigenvalue weighted by Crippen LogP contribution is -2.54. The fraction of sp³-hybridized carbons (Fsp3) is 0.364. The lowest BCUT2D eigenvalue weighted by Gasteiger charge is -2.23. The van der Waals surface area contributed by atoms with Crippen LogP contribution >= 0.6 is 0 Å². The van der Waals surface area contributed by atoms with Crippen LogP contribution in [0.15, 0.2) is 18.2 Å². The first kappa shape index (κ1) is 12.5. The van der Waals surface area contributed by atoms with Crippen LogP contribution in [-0.2, 0) is 11.2 Å². The van der Waals surface area contributed by atoms with Crippen molar-refractivity contribution in [3.05, 3.63) is 29.3 Å². The van der Waals surface area contributed by atoms with Crippen molar-refractivity contribution in [1.82, 2.24) is 5.43 Å². The third-order valence-corrected chi connectivity index (χ3v) is 2.62. The maximum atomic E-state index is 11.0. The fourth-order valence-corrected chi connectivity index (χ4v) is 1.36. The fourth-order valence-electron chi connectivity index (χ4n) is 1.36. The number of carboxylic acid groups (broad SMARTS) is 1. The van der Waals surface area contributed by atoms with Gasteiger partial charge in [0, 0.05) is 6.42 Å². The lowest BCUT2D eigenvalue weighted by atomic mass is 9.93. The van der Waals surface area contributed by atoms with E-state index in [4.69, 9.17) is 10.9 Å². The highest BCUT2D eigenvalue weighted by Crippen LogP contribution is 2.20. The van der Waals surface area contributed by atoms with E-state index in [-0.39, 0.29) is 12.2 Å². The molecule has 0 amide bonds. The van der Waals surface area contributed by atoms with Crippen LogP contribution in [0.4, 0.5) is 0 Å². The van der Waals surface area contributed by atoms with Gasteiger partial charge in [-0.2, -0.15) is 0 Å².